The molecule has 0 aliphatic heterocycles. The molecule has 0 atom stereocenters. The van der Waals surface area contributed by atoms with Crippen molar-refractivity contribution in [2.75, 3.05) is 0 Å². The van der Waals surface area contributed by atoms with Crippen molar-refractivity contribution in [3.05, 3.63) is 71.4 Å². The first-order valence-electron chi connectivity index (χ1n) is 6.57. The van der Waals surface area contributed by atoms with Crippen molar-refractivity contribution in [1.29, 1.82) is 0 Å². The van der Waals surface area contributed by atoms with Crippen molar-refractivity contribution in [2.45, 2.75) is 6.92 Å². The van der Waals surface area contributed by atoms with E-state index in [4.69, 9.17) is 11.6 Å². The highest BCUT2D eigenvalue weighted by atomic mass is 35.5. The highest BCUT2D eigenvalue weighted by Gasteiger charge is 2.15. The number of aromatic nitrogens is 2. The Kier molecular flexibility index (Phi) is 3.59. The van der Waals surface area contributed by atoms with Crippen molar-refractivity contribution in [2.24, 2.45) is 0 Å². The van der Waals surface area contributed by atoms with E-state index in [9.17, 15) is 4.79 Å². The zero-order valence-electron chi connectivity index (χ0n) is 11.5. The summed E-state index contributed by atoms with van der Waals surface area (Å²) in [4.78, 5) is 11.9. The van der Waals surface area contributed by atoms with Gasteiger partial charge in [-0.3, -0.25) is 4.79 Å². The molecule has 3 nitrogen and oxygen atoms in total. The second kappa shape index (κ2) is 5.54. The van der Waals surface area contributed by atoms with Gasteiger partial charge in [0.1, 0.15) is 5.69 Å². The number of hydrogen-bond donors (Lipinski definition) is 0. The van der Waals surface area contributed by atoms with Gasteiger partial charge < -0.3 is 0 Å². The fourth-order valence-corrected chi connectivity index (χ4v) is 2.29. The smallest absolute Gasteiger partial charge is 0.163 e. The minimum atomic E-state index is -0.00549. The molecule has 0 saturated heterocycles. The van der Waals surface area contributed by atoms with Gasteiger partial charge in [-0.1, -0.05) is 41.9 Å². The van der Waals surface area contributed by atoms with Gasteiger partial charge in [-0.25, -0.2) is 4.68 Å². The number of rotatable bonds is 3. The van der Waals surface area contributed by atoms with Crippen molar-refractivity contribution in [3.8, 4) is 16.9 Å². The first kappa shape index (κ1) is 13.6. The summed E-state index contributed by atoms with van der Waals surface area (Å²) >= 11 is 5.90. The average molecular weight is 297 g/mol. The molecular weight excluding hydrogens is 284 g/mol. The number of halogens is 1. The Morgan fingerprint density at radius 3 is 2.33 bits per heavy atom. The van der Waals surface area contributed by atoms with Crippen LogP contribution in [-0.2, 0) is 0 Å². The molecule has 21 heavy (non-hydrogen) atoms. The number of carbonyl (C=O) groups excluding carboxylic acids is 1. The number of nitrogens with zero attached hydrogens (tertiary/aromatic N) is 2. The lowest BCUT2D eigenvalue weighted by atomic mass is 10.1. The molecule has 104 valence electrons. The molecule has 0 radical (unpaired) electrons. The largest absolute Gasteiger partial charge is 0.294 e. The summed E-state index contributed by atoms with van der Waals surface area (Å²) in [6.07, 6.45) is 1.76. The monoisotopic (exact) mass is 296 g/mol. The van der Waals surface area contributed by atoms with Gasteiger partial charge in [0.05, 0.1) is 11.3 Å². The fraction of sp³-hybridized carbons (Fsp3) is 0.0588. The summed E-state index contributed by atoms with van der Waals surface area (Å²) < 4.78 is 1.70. The standard InChI is InChI=1S/C17H13ClN2O/c1-12(21)16-11-20(15-9-7-14(18)8-10-15)19-17(16)13-5-3-2-4-6-13/h2-11H,1H3. The van der Waals surface area contributed by atoms with Crippen molar-refractivity contribution < 1.29 is 4.79 Å². The summed E-state index contributed by atoms with van der Waals surface area (Å²) in [5.74, 6) is -0.00549. The van der Waals surface area contributed by atoms with E-state index in [2.05, 4.69) is 5.10 Å². The molecule has 0 aliphatic rings. The van der Waals surface area contributed by atoms with E-state index in [1.165, 1.54) is 0 Å². The van der Waals surface area contributed by atoms with Crippen LogP contribution in [0.2, 0.25) is 5.02 Å². The summed E-state index contributed by atoms with van der Waals surface area (Å²) in [6, 6.07) is 17.0. The number of ketones is 1. The summed E-state index contributed by atoms with van der Waals surface area (Å²) in [6.45, 7) is 1.55. The van der Waals surface area contributed by atoms with Crippen LogP contribution in [0.25, 0.3) is 16.9 Å². The predicted octanol–water partition coefficient (Wildman–Crippen LogP) is 4.40. The normalized spacial score (nSPS) is 10.6. The van der Waals surface area contributed by atoms with E-state index in [0.29, 0.717) is 16.3 Å². The number of Topliss-reactive ketones (excluding diaryl/α,β-unsaturated/α-hetero) is 1. The zero-order valence-corrected chi connectivity index (χ0v) is 12.2. The van der Waals surface area contributed by atoms with Gasteiger partial charge >= 0.3 is 0 Å². The van der Waals surface area contributed by atoms with Crippen molar-refractivity contribution in [3.63, 3.8) is 0 Å². The Labute approximate surface area is 127 Å². The molecule has 0 saturated carbocycles. The van der Waals surface area contributed by atoms with Crippen LogP contribution >= 0.6 is 11.6 Å². The molecular formula is C17H13ClN2O. The quantitative estimate of drug-likeness (QED) is 0.672. The highest BCUT2D eigenvalue weighted by molar-refractivity contribution is 6.30. The van der Waals surface area contributed by atoms with E-state index in [1.54, 1.807) is 29.9 Å². The molecule has 0 N–H and O–H groups in total. The topological polar surface area (TPSA) is 34.9 Å². The Balaban J connectivity index is 2.13. The Hall–Kier alpha value is -2.39. The second-order valence-corrected chi connectivity index (χ2v) is 5.17. The average Bonchev–Trinajstić information content (AvgIpc) is 2.94. The van der Waals surface area contributed by atoms with Gasteiger partial charge in [0.25, 0.3) is 0 Å². The summed E-state index contributed by atoms with van der Waals surface area (Å²) in [5, 5.41) is 5.22. The lowest BCUT2D eigenvalue weighted by Gasteiger charge is -2.01. The van der Waals surface area contributed by atoms with Crippen molar-refractivity contribution in [1.82, 2.24) is 9.78 Å². The van der Waals surface area contributed by atoms with Crippen molar-refractivity contribution >= 4 is 17.4 Å². The molecule has 3 rings (SSSR count). The number of carbonyl (C=O) groups is 1. The van der Waals surface area contributed by atoms with Crippen LogP contribution in [0.5, 0.6) is 0 Å². The maximum atomic E-state index is 11.9. The van der Waals surface area contributed by atoms with Gasteiger partial charge in [-0.15, -0.1) is 0 Å². The maximum absolute atomic E-state index is 11.9. The fourth-order valence-electron chi connectivity index (χ4n) is 2.17. The lowest BCUT2D eigenvalue weighted by molar-refractivity contribution is 0.101. The molecule has 0 fully saturated rings. The lowest BCUT2D eigenvalue weighted by Crippen LogP contribution is -1.94. The molecule has 0 unspecified atom stereocenters. The van der Waals surface area contributed by atoms with Gasteiger partial charge in [-0.2, -0.15) is 5.10 Å². The Bertz CT molecular complexity index is 776. The second-order valence-electron chi connectivity index (χ2n) is 4.73. The third kappa shape index (κ3) is 2.73. The minimum Gasteiger partial charge on any atom is -0.294 e. The van der Waals surface area contributed by atoms with Gasteiger partial charge in [0.2, 0.25) is 0 Å². The highest BCUT2D eigenvalue weighted by Crippen LogP contribution is 2.24. The number of hydrogen-bond acceptors (Lipinski definition) is 2. The van der Waals surface area contributed by atoms with Gasteiger partial charge in [0.15, 0.2) is 5.78 Å². The molecule has 1 aromatic heterocycles. The molecule has 4 heteroatoms. The molecule has 1 heterocycles. The van der Waals surface area contributed by atoms with Gasteiger partial charge in [0, 0.05) is 16.8 Å². The third-order valence-electron chi connectivity index (χ3n) is 3.23. The van der Waals surface area contributed by atoms with Crippen LogP contribution in [0.15, 0.2) is 60.8 Å². The molecule has 0 bridgehead atoms. The Morgan fingerprint density at radius 1 is 1.05 bits per heavy atom. The van der Waals surface area contributed by atoms with Crippen LogP contribution in [0.1, 0.15) is 17.3 Å². The molecule has 3 aromatic rings. The number of benzene rings is 2. The van der Waals surface area contributed by atoms with Gasteiger partial charge in [-0.05, 0) is 31.2 Å². The van der Waals surface area contributed by atoms with E-state index in [0.717, 1.165) is 11.3 Å². The molecule has 2 aromatic carbocycles. The predicted molar refractivity (Wildman–Crippen MR) is 84.0 cm³/mol. The minimum absolute atomic E-state index is 0.00549. The summed E-state index contributed by atoms with van der Waals surface area (Å²) in [7, 11) is 0. The third-order valence-corrected chi connectivity index (χ3v) is 3.48. The van der Waals surface area contributed by atoms with E-state index in [1.807, 2.05) is 42.5 Å². The van der Waals surface area contributed by atoms with Crippen LogP contribution in [-0.4, -0.2) is 15.6 Å². The molecule has 0 amide bonds. The van der Waals surface area contributed by atoms with Crippen LogP contribution in [0, 0.1) is 0 Å². The SMILES string of the molecule is CC(=O)c1cn(-c2ccc(Cl)cc2)nc1-c1ccccc1. The summed E-state index contributed by atoms with van der Waals surface area (Å²) in [5.41, 5.74) is 3.09. The molecule has 0 aliphatic carbocycles. The van der Waals surface area contributed by atoms with E-state index >= 15 is 0 Å². The van der Waals surface area contributed by atoms with Crippen LogP contribution in [0.4, 0.5) is 0 Å². The first-order chi connectivity index (χ1) is 10.1. The molecule has 0 spiro atoms. The Morgan fingerprint density at radius 2 is 1.71 bits per heavy atom. The first-order valence-corrected chi connectivity index (χ1v) is 6.95. The van der Waals surface area contributed by atoms with E-state index in [-0.39, 0.29) is 5.78 Å². The maximum Gasteiger partial charge on any atom is 0.163 e. The van der Waals surface area contributed by atoms with Crippen LogP contribution in [0.3, 0.4) is 0 Å². The zero-order chi connectivity index (χ0) is 14.8. The van der Waals surface area contributed by atoms with Crippen LogP contribution < -0.4 is 0 Å². The van der Waals surface area contributed by atoms with E-state index < -0.39 is 0 Å².